The minimum atomic E-state index is -0.295. The zero-order chi connectivity index (χ0) is 12.5. The zero-order valence-corrected chi connectivity index (χ0v) is 10.3. The van der Waals surface area contributed by atoms with E-state index in [0.717, 1.165) is 25.2 Å². The smallest absolute Gasteiger partial charge is 0.141 e. The molecule has 3 heterocycles. The Morgan fingerprint density at radius 1 is 1.33 bits per heavy atom. The molecule has 0 amide bonds. The van der Waals surface area contributed by atoms with Crippen molar-refractivity contribution < 1.29 is 4.39 Å². The topological polar surface area (TPSA) is 34.0 Å². The standard InChI is InChI=1S/C13H15FN4/c1-17-9-10(7-16-17)12-3-2-6-18(12)13-5-4-11(14)8-15-13/h4-5,7-9,12H,2-3,6H2,1H3/t12-/m0/s1. The molecule has 1 fully saturated rings. The number of rotatable bonds is 2. The fraction of sp³-hybridized carbons (Fsp3) is 0.385. The summed E-state index contributed by atoms with van der Waals surface area (Å²) in [4.78, 5) is 6.39. The third-order valence-corrected chi connectivity index (χ3v) is 3.37. The summed E-state index contributed by atoms with van der Waals surface area (Å²) >= 11 is 0. The van der Waals surface area contributed by atoms with E-state index in [9.17, 15) is 4.39 Å². The molecule has 18 heavy (non-hydrogen) atoms. The Balaban J connectivity index is 1.89. The highest BCUT2D eigenvalue weighted by Gasteiger charge is 2.27. The van der Waals surface area contributed by atoms with Gasteiger partial charge >= 0.3 is 0 Å². The Labute approximate surface area is 105 Å². The maximum absolute atomic E-state index is 12.9. The Morgan fingerprint density at radius 3 is 2.89 bits per heavy atom. The van der Waals surface area contributed by atoms with Gasteiger partial charge in [0.2, 0.25) is 0 Å². The Bertz CT molecular complexity index is 534. The number of hydrogen-bond donors (Lipinski definition) is 0. The lowest BCUT2D eigenvalue weighted by atomic mass is 10.1. The van der Waals surface area contributed by atoms with E-state index in [1.165, 1.54) is 17.8 Å². The largest absolute Gasteiger partial charge is 0.349 e. The molecule has 1 saturated heterocycles. The van der Waals surface area contributed by atoms with Crippen molar-refractivity contribution in [3.05, 3.63) is 42.1 Å². The van der Waals surface area contributed by atoms with Gasteiger partial charge in [-0.15, -0.1) is 0 Å². The minimum Gasteiger partial charge on any atom is -0.349 e. The third kappa shape index (κ3) is 1.96. The van der Waals surface area contributed by atoms with Crippen LogP contribution in [0.1, 0.15) is 24.4 Å². The van der Waals surface area contributed by atoms with E-state index in [1.807, 2.05) is 24.1 Å². The molecule has 1 aliphatic rings. The van der Waals surface area contributed by atoms with E-state index in [2.05, 4.69) is 15.0 Å². The van der Waals surface area contributed by atoms with Gasteiger partial charge < -0.3 is 4.90 Å². The maximum Gasteiger partial charge on any atom is 0.141 e. The number of halogens is 1. The summed E-state index contributed by atoms with van der Waals surface area (Å²) in [6, 6.07) is 3.50. The molecular formula is C13H15FN4. The second-order valence-corrected chi connectivity index (χ2v) is 4.63. The summed E-state index contributed by atoms with van der Waals surface area (Å²) in [5.74, 6) is 0.540. The van der Waals surface area contributed by atoms with Crippen LogP contribution in [0.4, 0.5) is 10.2 Å². The number of nitrogens with zero attached hydrogens (tertiary/aromatic N) is 4. The summed E-state index contributed by atoms with van der Waals surface area (Å²) in [6.07, 6.45) is 7.41. The summed E-state index contributed by atoms with van der Waals surface area (Å²) < 4.78 is 14.7. The van der Waals surface area contributed by atoms with Crippen LogP contribution in [0, 0.1) is 5.82 Å². The molecule has 0 aromatic carbocycles. The van der Waals surface area contributed by atoms with E-state index < -0.39 is 0 Å². The summed E-state index contributed by atoms with van der Waals surface area (Å²) in [7, 11) is 1.92. The minimum absolute atomic E-state index is 0.295. The summed E-state index contributed by atoms with van der Waals surface area (Å²) in [6.45, 7) is 0.957. The summed E-state index contributed by atoms with van der Waals surface area (Å²) in [5, 5.41) is 4.21. The first kappa shape index (κ1) is 11.2. The van der Waals surface area contributed by atoms with Gasteiger partial charge in [0.15, 0.2) is 0 Å². The molecule has 0 unspecified atom stereocenters. The highest BCUT2D eigenvalue weighted by Crippen LogP contribution is 2.34. The second-order valence-electron chi connectivity index (χ2n) is 4.63. The van der Waals surface area contributed by atoms with Crippen LogP contribution in [-0.4, -0.2) is 21.3 Å². The predicted molar refractivity (Wildman–Crippen MR) is 66.7 cm³/mol. The molecule has 2 aromatic rings. The fourth-order valence-electron chi connectivity index (χ4n) is 2.54. The van der Waals surface area contributed by atoms with Gasteiger partial charge in [-0.2, -0.15) is 5.10 Å². The quantitative estimate of drug-likeness (QED) is 0.815. The van der Waals surface area contributed by atoms with Crippen molar-refractivity contribution in [3.63, 3.8) is 0 Å². The van der Waals surface area contributed by atoms with Crippen LogP contribution in [0.3, 0.4) is 0 Å². The van der Waals surface area contributed by atoms with Gasteiger partial charge in [-0.1, -0.05) is 0 Å². The van der Waals surface area contributed by atoms with Crippen LogP contribution in [0.25, 0.3) is 0 Å². The van der Waals surface area contributed by atoms with Gasteiger partial charge in [-0.25, -0.2) is 9.37 Å². The molecule has 0 saturated carbocycles. The highest BCUT2D eigenvalue weighted by atomic mass is 19.1. The van der Waals surface area contributed by atoms with Crippen molar-refractivity contribution in [2.75, 3.05) is 11.4 Å². The number of aromatic nitrogens is 3. The predicted octanol–water partition coefficient (Wildman–Crippen LogP) is 2.30. The van der Waals surface area contributed by atoms with Crippen molar-refractivity contribution in [1.29, 1.82) is 0 Å². The molecule has 1 atom stereocenters. The van der Waals surface area contributed by atoms with Gasteiger partial charge in [0.1, 0.15) is 11.6 Å². The van der Waals surface area contributed by atoms with E-state index in [4.69, 9.17) is 0 Å². The van der Waals surface area contributed by atoms with E-state index >= 15 is 0 Å². The van der Waals surface area contributed by atoms with Gasteiger partial charge in [0.25, 0.3) is 0 Å². The van der Waals surface area contributed by atoms with Gasteiger partial charge in [-0.3, -0.25) is 4.68 Å². The lowest BCUT2D eigenvalue weighted by Gasteiger charge is -2.24. The fourth-order valence-corrected chi connectivity index (χ4v) is 2.54. The van der Waals surface area contributed by atoms with Gasteiger partial charge in [0, 0.05) is 25.4 Å². The van der Waals surface area contributed by atoms with Crippen LogP contribution in [0.5, 0.6) is 0 Å². The van der Waals surface area contributed by atoms with E-state index in [1.54, 1.807) is 6.07 Å². The molecular weight excluding hydrogens is 231 g/mol. The van der Waals surface area contributed by atoms with Crippen LogP contribution in [-0.2, 0) is 7.05 Å². The van der Waals surface area contributed by atoms with Crippen LogP contribution in [0.15, 0.2) is 30.7 Å². The molecule has 94 valence electrons. The van der Waals surface area contributed by atoms with Crippen molar-refractivity contribution in [2.45, 2.75) is 18.9 Å². The zero-order valence-electron chi connectivity index (χ0n) is 10.3. The molecule has 0 aliphatic carbocycles. The first-order valence-electron chi connectivity index (χ1n) is 6.11. The molecule has 0 spiro atoms. The monoisotopic (exact) mass is 246 g/mol. The Hall–Kier alpha value is -1.91. The SMILES string of the molecule is Cn1cc([C@@H]2CCCN2c2ccc(F)cn2)cn1. The third-order valence-electron chi connectivity index (χ3n) is 3.37. The molecule has 3 rings (SSSR count). The van der Waals surface area contributed by atoms with Crippen molar-refractivity contribution >= 4 is 5.82 Å². The molecule has 0 bridgehead atoms. The lowest BCUT2D eigenvalue weighted by Crippen LogP contribution is -2.23. The number of hydrogen-bond acceptors (Lipinski definition) is 3. The van der Waals surface area contributed by atoms with Crippen LogP contribution in [0.2, 0.25) is 0 Å². The number of anilines is 1. The molecule has 1 aliphatic heterocycles. The lowest BCUT2D eigenvalue weighted by molar-refractivity contribution is 0.619. The Morgan fingerprint density at radius 2 is 2.22 bits per heavy atom. The van der Waals surface area contributed by atoms with Crippen molar-refractivity contribution in [1.82, 2.24) is 14.8 Å². The average Bonchev–Trinajstić information content (AvgIpc) is 2.98. The highest BCUT2D eigenvalue weighted by molar-refractivity contribution is 5.43. The van der Waals surface area contributed by atoms with Gasteiger partial charge in [0.05, 0.1) is 18.4 Å². The first-order chi connectivity index (χ1) is 8.74. The molecule has 2 aromatic heterocycles. The van der Waals surface area contributed by atoms with Gasteiger partial charge in [-0.05, 0) is 25.0 Å². The van der Waals surface area contributed by atoms with Crippen molar-refractivity contribution in [2.24, 2.45) is 7.05 Å². The first-order valence-corrected chi connectivity index (χ1v) is 6.11. The molecule has 4 nitrogen and oxygen atoms in total. The Kier molecular flexibility index (Phi) is 2.74. The normalized spacial score (nSPS) is 19.4. The molecule has 5 heteroatoms. The maximum atomic E-state index is 12.9. The second kappa shape index (κ2) is 4.40. The number of aryl methyl sites for hydroxylation is 1. The van der Waals surface area contributed by atoms with Crippen molar-refractivity contribution in [3.8, 4) is 0 Å². The van der Waals surface area contributed by atoms with E-state index in [0.29, 0.717) is 6.04 Å². The molecule has 0 radical (unpaired) electrons. The average molecular weight is 246 g/mol. The van der Waals surface area contributed by atoms with E-state index in [-0.39, 0.29) is 5.82 Å². The van der Waals surface area contributed by atoms with Crippen LogP contribution < -0.4 is 4.90 Å². The summed E-state index contributed by atoms with van der Waals surface area (Å²) in [5.41, 5.74) is 1.20. The van der Waals surface area contributed by atoms with Crippen LogP contribution >= 0.6 is 0 Å². The molecule has 0 N–H and O–H groups in total. The number of pyridine rings is 1.